The molecule has 0 amide bonds. The number of fused-ring (bicyclic) bond motifs is 1. The molecule has 4 aromatic rings. The lowest BCUT2D eigenvalue weighted by atomic mass is 10.2. The van der Waals surface area contributed by atoms with Crippen LogP contribution < -0.4 is 0 Å². The Balaban J connectivity index is 0.000000586. The van der Waals surface area contributed by atoms with Crippen LogP contribution in [0, 0.1) is 0 Å². The number of hydrogen-bond acceptors (Lipinski definition) is 8. The number of nitrogens with zero attached hydrogens (tertiary/aromatic N) is 8. The third kappa shape index (κ3) is 6.67. The van der Waals surface area contributed by atoms with Gasteiger partial charge in [-0.25, -0.2) is 23.0 Å². The van der Waals surface area contributed by atoms with E-state index in [-0.39, 0.29) is 11.1 Å². The minimum atomic E-state index is -4.64. The van der Waals surface area contributed by atoms with Gasteiger partial charge < -0.3 is 19.7 Å². The van der Waals surface area contributed by atoms with Gasteiger partial charge in [0.1, 0.15) is 12.0 Å². The van der Waals surface area contributed by atoms with Crippen molar-refractivity contribution >= 4 is 28.9 Å². The summed E-state index contributed by atoms with van der Waals surface area (Å²) in [5.74, 6) is 0. The van der Waals surface area contributed by atoms with Crippen LogP contribution in [0.4, 0.5) is 0 Å². The first-order valence-electron chi connectivity index (χ1n) is 11.2. The second-order valence-electron chi connectivity index (χ2n) is 8.57. The fourth-order valence-electron chi connectivity index (χ4n) is 4.08. The van der Waals surface area contributed by atoms with Crippen LogP contribution in [-0.4, -0.2) is 99.5 Å². The van der Waals surface area contributed by atoms with Gasteiger partial charge in [0, 0.05) is 69.3 Å². The highest BCUT2D eigenvalue weighted by atomic mass is 32.2. The first-order valence-corrected chi connectivity index (χ1v) is 14.3. The molecule has 5 rings (SSSR count). The van der Waals surface area contributed by atoms with Gasteiger partial charge in [0.05, 0.1) is 17.9 Å². The molecule has 17 heteroatoms. The van der Waals surface area contributed by atoms with E-state index in [2.05, 4.69) is 37.0 Å². The Morgan fingerprint density at radius 1 is 1.14 bits per heavy atom. The molecule has 0 radical (unpaired) electrons. The first-order chi connectivity index (χ1) is 17.4. The van der Waals surface area contributed by atoms with Gasteiger partial charge in [-0.05, 0) is 19.1 Å². The Bertz CT molecular complexity index is 1490. The number of rotatable bonds is 6. The Labute approximate surface area is 212 Å². The molecule has 1 unspecified atom stereocenters. The van der Waals surface area contributed by atoms with Gasteiger partial charge in [0.2, 0.25) is 0 Å². The molecule has 1 fully saturated rings. The van der Waals surface area contributed by atoms with Gasteiger partial charge in [-0.15, -0.1) is 0 Å². The number of H-pyrrole nitrogens is 1. The lowest BCUT2D eigenvalue weighted by molar-refractivity contribution is 0.166. The number of phosphoric acid groups is 1. The van der Waals surface area contributed by atoms with Crippen LogP contribution in [0.2, 0.25) is 0 Å². The van der Waals surface area contributed by atoms with Crippen LogP contribution in [0.3, 0.4) is 0 Å². The average Bonchev–Trinajstić information content (AvgIpc) is 3.58. The van der Waals surface area contributed by atoms with Crippen LogP contribution in [0.5, 0.6) is 0 Å². The normalized spacial score (nSPS) is 16.5. The summed E-state index contributed by atoms with van der Waals surface area (Å²) in [6, 6.07) is 3.63. The molecule has 5 heterocycles. The highest BCUT2D eigenvalue weighted by molar-refractivity contribution is 7.89. The number of piperazine rings is 1. The summed E-state index contributed by atoms with van der Waals surface area (Å²) < 4.78 is 39.4. The van der Waals surface area contributed by atoms with Crippen LogP contribution in [0.1, 0.15) is 13.0 Å². The second-order valence-corrected chi connectivity index (χ2v) is 11.5. The summed E-state index contributed by atoms with van der Waals surface area (Å²) in [5.41, 5.74) is 2.59. The zero-order chi connectivity index (χ0) is 26.8. The quantitative estimate of drug-likeness (QED) is 0.238. The molecular weight excluding hydrogens is 525 g/mol. The highest BCUT2D eigenvalue weighted by Gasteiger charge is 2.30. The Morgan fingerprint density at radius 3 is 2.49 bits per heavy atom. The van der Waals surface area contributed by atoms with Crippen molar-refractivity contribution in [3.05, 3.63) is 43.2 Å². The molecule has 0 aromatic carbocycles. The SMILES string of the molecule is CC(CN1CCN(S(=O)(=O)c2ccn(C)n2)CC1)n1cc(-c2ncnc3[nH]ccc23)cn1.O=P(O)(O)O. The van der Waals surface area contributed by atoms with Gasteiger partial charge >= 0.3 is 7.82 Å². The summed E-state index contributed by atoms with van der Waals surface area (Å²) >= 11 is 0. The zero-order valence-corrected chi connectivity index (χ0v) is 21.9. The minimum Gasteiger partial charge on any atom is -0.346 e. The standard InChI is InChI=1S/C20H25N9O2S.H3O4P/c1-15(29-13-16(11-24-29)19-17-3-5-21-20(17)23-14-22-19)12-27-7-9-28(10-8-27)32(30,31)18-4-6-26(2)25-18;1-5(2,3)4/h3-6,11,13-15H,7-10,12H2,1-2H3,(H,21,22,23);(H3,1,2,3,4). The second kappa shape index (κ2) is 10.8. The van der Waals surface area contributed by atoms with Gasteiger partial charge in [-0.3, -0.25) is 14.3 Å². The Hall–Kier alpha value is -2.98. The fraction of sp³-hybridized carbons (Fsp3) is 0.400. The maximum atomic E-state index is 12.8. The summed E-state index contributed by atoms with van der Waals surface area (Å²) in [4.78, 5) is 35.6. The van der Waals surface area contributed by atoms with Crippen molar-refractivity contribution in [2.75, 3.05) is 32.7 Å². The molecule has 15 nitrogen and oxygen atoms in total. The molecular formula is C20H28N9O6PS. The van der Waals surface area contributed by atoms with Gasteiger partial charge in [0.25, 0.3) is 10.0 Å². The van der Waals surface area contributed by atoms with Crippen molar-refractivity contribution in [3.8, 4) is 11.3 Å². The summed E-state index contributed by atoms with van der Waals surface area (Å²) in [7, 11) is -6.47. The number of aromatic amines is 1. The highest BCUT2D eigenvalue weighted by Crippen LogP contribution is 2.26. The van der Waals surface area contributed by atoms with Crippen molar-refractivity contribution in [1.29, 1.82) is 0 Å². The lowest BCUT2D eigenvalue weighted by Crippen LogP contribution is -2.49. The zero-order valence-electron chi connectivity index (χ0n) is 20.2. The lowest BCUT2D eigenvalue weighted by Gasteiger charge is -2.34. The van der Waals surface area contributed by atoms with E-state index in [1.807, 2.05) is 29.3 Å². The smallest absolute Gasteiger partial charge is 0.346 e. The topological polar surface area (TPSA) is 196 Å². The van der Waals surface area contributed by atoms with Crippen LogP contribution in [-0.2, 0) is 21.6 Å². The first kappa shape index (κ1) is 27.1. The number of hydrogen-bond donors (Lipinski definition) is 4. The molecule has 1 aliphatic rings. The Kier molecular flexibility index (Phi) is 7.89. The maximum absolute atomic E-state index is 12.8. The molecule has 0 bridgehead atoms. The predicted molar refractivity (Wildman–Crippen MR) is 132 cm³/mol. The number of aromatic nitrogens is 7. The molecule has 4 N–H and O–H groups in total. The van der Waals surface area contributed by atoms with Crippen LogP contribution in [0.25, 0.3) is 22.3 Å². The van der Waals surface area contributed by atoms with Crippen molar-refractivity contribution in [2.24, 2.45) is 7.05 Å². The van der Waals surface area contributed by atoms with E-state index in [1.165, 1.54) is 15.1 Å². The monoisotopic (exact) mass is 553 g/mol. The van der Waals surface area contributed by atoms with E-state index in [0.717, 1.165) is 28.8 Å². The maximum Gasteiger partial charge on any atom is 0.466 e. The van der Waals surface area contributed by atoms with Crippen molar-refractivity contribution in [3.63, 3.8) is 0 Å². The summed E-state index contributed by atoms with van der Waals surface area (Å²) in [6.45, 7) is 5.12. The van der Waals surface area contributed by atoms with Gasteiger partial charge in [0.15, 0.2) is 5.03 Å². The number of nitrogens with one attached hydrogen (secondary N) is 1. The third-order valence-electron chi connectivity index (χ3n) is 5.83. The largest absolute Gasteiger partial charge is 0.466 e. The van der Waals surface area contributed by atoms with Crippen LogP contribution >= 0.6 is 7.82 Å². The molecule has 0 aliphatic carbocycles. The van der Waals surface area contributed by atoms with Gasteiger partial charge in [-0.1, -0.05) is 0 Å². The molecule has 1 atom stereocenters. The van der Waals surface area contributed by atoms with E-state index in [9.17, 15) is 8.42 Å². The number of sulfonamides is 1. The molecule has 0 spiro atoms. The Morgan fingerprint density at radius 2 is 1.84 bits per heavy atom. The van der Waals surface area contributed by atoms with E-state index < -0.39 is 17.8 Å². The average molecular weight is 554 g/mol. The van der Waals surface area contributed by atoms with E-state index in [1.54, 1.807) is 19.6 Å². The summed E-state index contributed by atoms with van der Waals surface area (Å²) in [6.07, 6.45) is 8.87. The molecule has 1 aliphatic heterocycles. The molecule has 200 valence electrons. The van der Waals surface area contributed by atoms with Crippen molar-refractivity contribution in [1.82, 2.24) is 43.7 Å². The molecule has 0 saturated carbocycles. The molecule has 37 heavy (non-hydrogen) atoms. The van der Waals surface area contributed by atoms with E-state index in [4.69, 9.17) is 19.2 Å². The minimum absolute atomic E-state index is 0.104. The van der Waals surface area contributed by atoms with E-state index >= 15 is 0 Å². The van der Waals surface area contributed by atoms with Crippen molar-refractivity contribution in [2.45, 2.75) is 18.0 Å². The van der Waals surface area contributed by atoms with Crippen molar-refractivity contribution < 1.29 is 27.7 Å². The van der Waals surface area contributed by atoms with Gasteiger partial charge in [-0.2, -0.15) is 14.5 Å². The summed E-state index contributed by atoms with van der Waals surface area (Å²) in [5, 5.41) is 9.67. The number of aryl methyl sites for hydroxylation is 1. The molecule has 4 aromatic heterocycles. The predicted octanol–water partition coefficient (Wildman–Crippen LogP) is 0.194. The van der Waals surface area contributed by atoms with E-state index in [0.29, 0.717) is 26.2 Å². The third-order valence-corrected chi connectivity index (χ3v) is 7.62. The van der Waals surface area contributed by atoms with Crippen LogP contribution in [0.15, 0.2) is 48.3 Å². The fourth-order valence-corrected chi connectivity index (χ4v) is 5.45. The molecule has 1 saturated heterocycles.